The molecule has 0 atom stereocenters. The fraction of sp³-hybridized carbons (Fsp3) is 0.538. The molecule has 1 aliphatic carbocycles. The number of aryl methyl sites for hydroxylation is 2. The minimum absolute atomic E-state index is 0.150. The number of hydrogen-bond acceptors (Lipinski definition) is 3. The second kappa shape index (κ2) is 4.35. The molecule has 1 aromatic heterocycles. The van der Waals surface area contributed by atoms with Crippen LogP contribution >= 0.6 is 0 Å². The molecule has 0 saturated heterocycles. The van der Waals surface area contributed by atoms with E-state index in [1.165, 1.54) is 0 Å². The zero-order valence-corrected chi connectivity index (χ0v) is 10.9. The van der Waals surface area contributed by atoms with Gasteiger partial charge in [0.15, 0.2) is 5.78 Å². The minimum atomic E-state index is 0.150. The van der Waals surface area contributed by atoms with Crippen molar-refractivity contribution in [3.05, 3.63) is 28.7 Å². The Balaban J connectivity index is 2.45. The van der Waals surface area contributed by atoms with Crippen molar-refractivity contribution < 1.29 is 4.79 Å². The van der Waals surface area contributed by atoms with Gasteiger partial charge in [0.05, 0.1) is 11.3 Å². The van der Waals surface area contributed by atoms with Gasteiger partial charge in [-0.2, -0.15) is 5.10 Å². The Labute approximate surface area is 102 Å². The van der Waals surface area contributed by atoms with Crippen molar-refractivity contribution in [1.29, 1.82) is 0 Å². The average Bonchev–Trinajstić information content (AvgIpc) is 2.59. The van der Waals surface area contributed by atoms with Crippen molar-refractivity contribution in [3.8, 4) is 0 Å². The highest BCUT2D eigenvalue weighted by Gasteiger charge is 2.27. The van der Waals surface area contributed by atoms with E-state index < -0.39 is 0 Å². The summed E-state index contributed by atoms with van der Waals surface area (Å²) >= 11 is 0. The third-order valence-electron chi connectivity index (χ3n) is 3.14. The van der Waals surface area contributed by atoms with Gasteiger partial charge in [0, 0.05) is 38.1 Å². The summed E-state index contributed by atoms with van der Waals surface area (Å²) in [5.41, 5.74) is 3.68. The Kier molecular flexibility index (Phi) is 3.05. The van der Waals surface area contributed by atoms with Crippen LogP contribution in [-0.4, -0.2) is 34.6 Å². The zero-order valence-electron chi connectivity index (χ0n) is 10.9. The first-order valence-electron chi connectivity index (χ1n) is 6.02. The number of hydrogen-bond donors (Lipinski definition) is 0. The van der Waals surface area contributed by atoms with E-state index in [0.29, 0.717) is 0 Å². The van der Waals surface area contributed by atoms with Gasteiger partial charge in [-0.15, -0.1) is 0 Å². The molecule has 92 valence electrons. The van der Waals surface area contributed by atoms with Crippen molar-refractivity contribution in [2.75, 3.05) is 14.1 Å². The van der Waals surface area contributed by atoms with E-state index in [1.807, 2.05) is 43.7 Å². The number of nitrogens with zero attached hydrogens (tertiary/aromatic N) is 3. The van der Waals surface area contributed by atoms with Crippen molar-refractivity contribution in [2.45, 2.75) is 33.2 Å². The minimum Gasteiger partial charge on any atom is -0.383 e. The Morgan fingerprint density at radius 3 is 2.71 bits per heavy atom. The van der Waals surface area contributed by atoms with Crippen LogP contribution in [0.1, 0.15) is 35.1 Å². The van der Waals surface area contributed by atoms with E-state index >= 15 is 0 Å². The maximum Gasteiger partial charge on any atom is 0.194 e. The summed E-state index contributed by atoms with van der Waals surface area (Å²) in [7, 11) is 3.89. The normalized spacial score (nSPS) is 17.4. The fourth-order valence-corrected chi connectivity index (χ4v) is 2.35. The number of Topliss-reactive ketones (excluding diaryl/α,β-unsaturated/α-hetero) is 1. The van der Waals surface area contributed by atoms with Crippen LogP contribution in [0.5, 0.6) is 0 Å². The number of carbonyl (C=O) groups excluding carboxylic acids is 1. The molecule has 2 rings (SSSR count). The lowest BCUT2D eigenvalue weighted by Gasteiger charge is -2.15. The summed E-state index contributed by atoms with van der Waals surface area (Å²) in [6.07, 6.45) is 3.59. The molecule has 1 aromatic rings. The third-order valence-corrected chi connectivity index (χ3v) is 3.14. The second-order valence-corrected chi connectivity index (χ2v) is 4.67. The Hall–Kier alpha value is -1.58. The van der Waals surface area contributed by atoms with Gasteiger partial charge in [-0.1, -0.05) is 0 Å². The maximum atomic E-state index is 12.4. The number of allylic oxidation sites excluding steroid dienone is 1. The first-order valence-corrected chi connectivity index (χ1v) is 6.02. The molecule has 1 heterocycles. The predicted molar refractivity (Wildman–Crippen MR) is 67.1 cm³/mol. The van der Waals surface area contributed by atoms with Crippen LogP contribution in [-0.2, 0) is 13.0 Å². The highest BCUT2D eigenvalue weighted by Crippen LogP contribution is 2.27. The van der Waals surface area contributed by atoms with Crippen LogP contribution < -0.4 is 0 Å². The summed E-state index contributed by atoms with van der Waals surface area (Å²) < 4.78 is 1.92. The smallest absolute Gasteiger partial charge is 0.194 e. The van der Waals surface area contributed by atoms with E-state index in [9.17, 15) is 4.79 Å². The molecule has 0 saturated carbocycles. The quantitative estimate of drug-likeness (QED) is 0.731. The molecule has 0 fully saturated rings. The molecule has 0 amide bonds. The first-order chi connectivity index (χ1) is 8.04. The van der Waals surface area contributed by atoms with Gasteiger partial charge in [0.25, 0.3) is 0 Å². The molecular formula is C13H19N3O. The highest BCUT2D eigenvalue weighted by molar-refractivity contribution is 6.11. The Bertz CT molecular complexity index is 483. The van der Waals surface area contributed by atoms with Crippen LogP contribution in [0.4, 0.5) is 0 Å². The Morgan fingerprint density at radius 1 is 1.41 bits per heavy atom. The molecule has 0 radical (unpaired) electrons. The molecular weight excluding hydrogens is 214 g/mol. The Morgan fingerprint density at radius 2 is 2.12 bits per heavy atom. The first kappa shape index (κ1) is 11.9. The summed E-state index contributed by atoms with van der Waals surface area (Å²) in [4.78, 5) is 14.3. The summed E-state index contributed by atoms with van der Waals surface area (Å²) in [5, 5.41) is 4.49. The van der Waals surface area contributed by atoms with Crippen LogP contribution in [0, 0.1) is 6.92 Å². The van der Waals surface area contributed by atoms with Gasteiger partial charge in [0.2, 0.25) is 0 Å². The number of fused-ring (bicyclic) bond motifs is 1. The molecule has 4 heteroatoms. The largest absolute Gasteiger partial charge is 0.383 e. The lowest BCUT2D eigenvalue weighted by atomic mass is 9.90. The van der Waals surface area contributed by atoms with Gasteiger partial charge in [-0.3, -0.25) is 9.48 Å². The van der Waals surface area contributed by atoms with Crippen molar-refractivity contribution in [1.82, 2.24) is 14.7 Å². The third kappa shape index (κ3) is 1.99. The molecule has 0 aromatic carbocycles. The molecule has 0 bridgehead atoms. The lowest BCUT2D eigenvalue weighted by Crippen LogP contribution is -2.16. The van der Waals surface area contributed by atoms with E-state index in [0.717, 1.165) is 41.9 Å². The monoisotopic (exact) mass is 233 g/mol. The lowest BCUT2D eigenvalue weighted by molar-refractivity contribution is 0.102. The van der Waals surface area contributed by atoms with Crippen LogP contribution in [0.2, 0.25) is 0 Å². The van der Waals surface area contributed by atoms with Crippen LogP contribution in [0.25, 0.3) is 0 Å². The number of rotatable bonds is 2. The molecule has 0 spiro atoms. The summed E-state index contributed by atoms with van der Waals surface area (Å²) in [6.45, 7) is 4.84. The number of aromatic nitrogens is 2. The van der Waals surface area contributed by atoms with E-state index in [4.69, 9.17) is 0 Å². The molecule has 17 heavy (non-hydrogen) atoms. The van der Waals surface area contributed by atoms with Crippen LogP contribution in [0.3, 0.4) is 0 Å². The van der Waals surface area contributed by atoms with E-state index in [-0.39, 0.29) is 5.78 Å². The molecule has 0 unspecified atom stereocenters. The van der Waals surface area contributed by atoms with Crippen molar-refractivity contribution in [3.63, 3.8) is 0 Å². The highest BCUT2D eigenvalue weighted by atomic mass is 16.1. The zero-order chi connectivity index (χ0) is 12.6. The van der Waals surface area contributed by atoms with Gasteiger partial charge in [-0.05, 0) is 26.7 Å². The number of carbonyl (C=O) groups is 1. The second-order valence-electron chi connectivity index (χ2n) is 4.67. The van der Waals surface area contributed by atoms with Gasteiger partial charge < -0.3 is 4.90 Å². The SMILES string of the molecule is CCn1nc2c(c1C)C(=O)C(=CN(C)C)CC2. The topological polar surface area (TPSA) is 38.1 Å². The fourth-order valence-electron chi connectivity index (χ4n) is 2.35. The number of ketones is 1. The van der Waals surface area contributed by atoms with Gasteiger partial charge in [-0.25, -0.2) is 0 Å². The maximum absolute atomic E-state index is 12.4. The van der Waals surface area contributed by atoms with Crippen LogP contribution in [0.15, 0.2) is 11.8 Å². The molecule has 0 aliphatic heterocycles. The standard InChI is InChI=1S/C13H19N3O/c1-5-16-9(2)12-11(14-16)7-6-10(13(12)17)8-15(3)4/h8H,5-7H2,1-4H3. The average molecular weight is 233 g/mol. The molecule has 0 N–H and O–H groups in total. The van der Waals surface area contributed by atoms with E-state index in [2.05, 4.69) is 5.10 Å². The predicted octanol–water partition coefficient (Wildman–Crippen LogP) is 1.79. The van der Waals surface area contributed by atoms with Gasteiger partial charge in [0.1, 0.15) is 0 Å². The summed E-state index contributed by atoms with van der Waals surface area (Å²) in [6, 6.07) is 0. The van der Waals surface area contributed by atoms with Gasteiger partial charge >= 0.3 is 0 Å². The summed E-state index contributed by atoms with van der Waals surface area (Å²) in [5.74, 6) is 0.150. The van der Waals surface area contributed by atoms with Crippen molar-refractivity contribution in [2.24, 2.45) is 0 Å². The molecule has 4 nitrogen and oxygen atoms in total. The van der Waals surface area contributed by atoms with E-state index in [1.54, 1.807) is 0 Å². The molecule has 1 aliphatic rings. The van der Waals surface area contributed by atoms with Crippen molar-refractivity contribution >= 4 is 5.78 Å².